The van der Waals surface area contributed by atoms with Crippen molar-refractivity contribution >= 4 is 17.8 Å². The highest BCUT2D eigenvalue weighted by molar-refractivity contribution is 5.84. The molecule has 16 heteroatoms. The number of ether oxygens (including phenoxy) is 6. The van der Waals surface area contributed by atoms with Gasteiger partial charge in [0.2, 0.25) is 0 Å². The highest BCUT2D eigenvalue weighted by Gasteiger charge is 2.74. The average Bonchev–Trinajstić information content (AvgIpc) is 3.66. The number of aliphatic hydroxyl groups excluding tert-OH is 1. The van der Waals surface area contributed by atoms with Gasteiger partial charge in [-0.25, -0.2) is 4.79 Å². The third-order valence-electron chi connectivity index (χ3n) is 16.4. The van der Waals surface area contributed by atoms with Crippen LogP contribution in [0.15, 0.2) is 12.2 Å². The number of carboxylic acids is 1. The Balaban J connectivity index is 1.25. The molecule has 0 bridgehead atoms. The van der Waals surface area contributed by atoms with Crippen LogP contribution in [-0.2, 0) is 38.0 Å². The van der Waals surface area contributed by atoms with Gasteiger partial charge in [-0.3, -0.25) is 9.59 Å². The maximum absolute atomic E-state index is 14.7. The van der Waals surface area contributed by atoms with Crippen LogP contribution in [0.1, 0.15) is 140 Å². The minimum atomic E-state index is -4.74. The first-order valence-electron chi connectivity index (χ1n) is 23.1. The van der Waals surface area contributed by atoms with E-state index in [2.05, 4.69) is 17.0 Å². The lowest BCUT2D eigenvalue weighted by Crippen LogP contribution is -2.65. The summed E-state index contributed by atoms with van der Waals surface area (Å²) in [6, 6.07) is -1.10. The molecule has 13 nitrogen and oxygen atoms in total. The number of alkyl carbamates (subject to hydrolysis) is 1. The summed E-state index contributed by atoms with van der Waals surface area (Å²) in [7, 11) is 0. The highest BCUT2D eigenvalue weighted by atomic mass is 19.4. The van der Waals surface area contributed by atoms with Gasteiger partial charge in [0, 0.05) is 29.6 Å². The van der Waals surface area contributed by atoms with E-state index in [1.165, 1.54) is 0 Å². The summed E-state index contributed by atoms with van der Waals surface area (Å²) in [6.07, 6.45) is -0.764. The number of hydrogen-bond donors (Lipinski definition) is 4. The zero-order valence-electron chi connectivity index (χ0n) is 38.2. The molecule has 354 valence electrons. The largest absolute Gasteiger partial charge is 0.481 e. The fourth-order valence-corrected chi connectivity index (χ4v) is 12.1. The minimum absolute atomic E-state index is 0.0525. The van der Waals surface area contributed by atoms with Crippen molar-refractivity contribution in [3.63, 3.8) is 0 Å². The Morgan fingerprint density at radius 1 is 0.935 bits per heavy atom. The van der Waals surface area contributed by atoms with E-state index >= 15 is 0 Å². The lowest BCUT2D eigenvalue weighted by atomic mass is 9.72. The van der Waals surface area contributed by atoms with Gasteiger partial charge in [0.25, 0.3) is 0 Å². The van der Waals surface area contributed by atoms with Crippen LogP contribution in [0.5, 0.6) is 0 Å². The van der Waals surface area contributed by atoms with Crippen molar-refractivity contribution < 1.29 is 71.3 Å². The maximum Gasteiger partial charge on any atom is 0.422 e. The topological polar surface area (TPSA) is 179 Å². The summed E-state index contributed by atoms with van der Waals surface area (Å²) in [5.74, 6) is -6.76. The molecule has 3 spiro atoms. The van der Waals surface area contributed by atoms with Gasteiger partial charge in [0.1, 0.15) is 11.8 Å². The molecule has 6 aliphatic rings. The lowest BCUT2D eigenvalue weighted by molar-refractivity contribution is -0.398. The molecule has 5 fully saturated rings. The predicted molar refractivity (Wildman–Crippen MR) is 219 cm³/mol. The molecule has 4 N–H and O–H groups in total. The Morgan fingerprint density at radius 2 is 1.61 bits per heavy atom. The van der Waals surface area contributed by atoms with Crippen molar-refractivity contribution in [2.45, 2.75) is 211 Å². The van der Waals surface area contributed by atoms with Gasteiger partial charge < -0.3 is 49.1 Å². The Hall–Kier alpha value is -2.34. The standard InChI is InChI=1S/C46H72F3NO12/c1-11-30(38(53)54)32-15-14-26(5)43(59-32)23-40(43,9)37(52)28(7)35(51)31(12-2)36-25(4)22-27(6)44(60-36)19-16-33(50-39(55)57-24-46(47,48)49)45(62-44)21-20-41(10,61-45)34-17-18-42(56,13-3)29(8)58-34/h16,19,25-34,36-37,52,56H,11-15,17-18,20-24H2,1-10H3,(H,50,55)(H,53,54)/t25-,26-,27+,28+,29-,30+,31-,32+,33+,34+,36-,37+,40?,41-,42+,43+,44-,45-/m0/s1. The summed E-state index contributed by atoms with van der Waals surface area (Å²) in [5.41, 5.74) is -3.54. The van der Waals surface area contributed by atoms with Crippen molar-refractivity contribution in [2.75, 3.05) is 6.61 Å². The molecule has 0 aromatic rings. The van der Waals surface area contributed by atoms with Crippen molar-refractivity contribution in [3.05, 3.63) is 12.2 Å². The number of carbonyl (C=O) groups is 3. The summed E-state index contributed by atoms with van der Waals surface area (Å²) < 4.78 is 77.8. The number of amides is 1. The maximum atomic E-state index is 14.7. The number of hydrogen-bond acceptors (Lipinski definition) is 11. The number of carboxylic acid groups (broad SMARTS) is 1. The first-order chi connectivity index (χ1) is 28.8. The number of aliphatic carboxylic acids is 1. The molecule has 0 radical (unpaired) electrons. The molecule has 5 aliphatic heterocycles. The first-order valence-corrected chi connectivity index (χ1v) is 23.1. The number of Topliss-reactive ketones (excluding diaryl/α,β-unsaturated/α-hetero) is 1. The third kappa shape index (κ3) is 8.72. The Morgan fingerprint density at radius 3 is 2.21 bits per heavy atom. The average molecular weight is 888 g/mol. The van der Waals surface area contributed by atoms with Gasteiger partial charge in [0.15, 0.2) is 18.2 Å². The molecule has 1 aliphatic carbocycles. The SMILES string of the molecule is CC[C@@H](C(=O)[C@@H](C)[C@@H](O)C1(C)C[C@]12O[C@@H]([C@@H](CC)C(=O)O)CC[C@@H]2C)[C@H]1O[C@]2(C=C[C@@H](NC(=O)OCC(F)(F)F)[C@]3(CC[C@@](C)([C@H]4CC[C@](O)(CC)[C@H](C)O4)O3)O2)[C@H](C)C[C@@H]1C. The van der Waals surface area contributed by atoms with Gasteiger partial charge in [-0.15, -0.1) is 0 Å². The Bertz CT molecular complexity index is 1700. The number of halogens is 3. The monoisotopic (exact) mass is 888 g/mol. The van der Waals surface area contributed by atoms with Crippen LogP contribution in [-0.4, -0.2) is 111 Å². The Labute approximate surface area is 364 Å². The molecule has 0 aromatic carbocycles. The van der Waals surface area contributed by atoms with Gasteiger partial charge in [-0.2, -0.15) is 13.2 Å². The molecule has 0 aromatic heterocycles. The predicted octanol–water partition coefficient (Wildman–Crippen LogP) is 7.63. The molecule has 1 amide bonds. The summed E-state index contributed by atoms with van der Waals surface area (Å²) in [4.78, 5) is 39.7. The van der Waals surface area contributed by atoms with Crippen LogP contribution < -0.4 is 5.32 Å². The van der Waals surface area contributed by atoms with Crippen LogP contribution in [0.2, 0.25) is 0 Å². The van der Waals surface area contributed by atoms with E-state index in [4.69, 9.17) is 23.7 Å². The zero-order valence-corrected chi connectivity index (χ0v) is 38.2. The summed E-state index contributed by atoms with van der Waals surface area (Å²) in [6.45, 7) is 17.2. The van der Waals surface area contributed by atoms with E-state index in [9.17, 15) is 42.9 Å². The van der Waals surface area contributed by atoms with E-state index in [-0.39, 0.29) is 30.0 Å². The number of rotatable bonds is 13. The van der Waals surface area contributed by atoms with Gasteiger partial charge in [-0.05, 0) is 96.0 Å². The van der Waals surface area contributed by atoms with Crippen molar-refractivity contribution in [3.8, 4) is 0 Å². The van der Waals surface area contributed by atoms with Crippen molar-refractivity contribution in [1.82, 2.24) is 5.32 Å². The molecular formula is C46H72F3NO12. The first kappa shape index (κ1) is 49.1. The van der Waals surface area contributed by atoms with Crippen LogP contribution >= 0.6 is 0 Å². The van der Waals surface area contributed by atoms with E-state index in [0.717, 1.165) is 6.42 Å². The molecule has 4 saturated heterocycles. The van der Waals surface area contributed by atoms with Crippen molar-refractivity contribution in [2.24, 2.45) is 40.9 Å². The third-order valence-corrected chi connectivity index (χ3v) is 16.4. The lowest BCUT2D eigenvalue weighted by Gasteiger charge is -2.55. The van der Waals surface area contributed by atoms with Crippen LogP contribution in [0.3, 0.4) is 0 Å². The highest BCUT2D eigenvalue weighted by Crippen LogP contribution is 2.68. The molecule has 1 saturated carbocycles. The van der Waals surface area contributed by atoms with Crippen LogP contribution in [0.4, 0.5) is 18.0 Å². The normalized spacial score (nSPS) is 45.1. The smallest absolute Gasteiger partial charge is 0.422 e. The number of aliphatic hydroxyl groups is 2. The number of alkyl halides is 3. The number of carbonyl (C=O) groups excluding carboxylic acids is 2. The van der Waals surface area contributed by atoms with Crippen LogP contribution in [0.25, 0.3) is 0 Å². The van der Waals surface area contributed by atoms with Crippen molar-refractivity contribution in [1.29, 1.82) is 0 Å². The van der Waals surface area contributed by atoms with E-state index in [0.29, 0.717) is 57.8 Å². The fraction of sp³-hybridized carbons (Fsp3) is 0.891. The second-order valence-electron chi connectivity index (χ2n) is 20.3. The summed E-state index contributed by atoms with van der Waals surface area (Å²) >= 11 is 0. The molecule has 1 unspecified atom stereocenters. The van der Waals surface area contributed by atoms with Gasteiger partial charge >= 0.3 is 18.2 Å². The molecule has 18 atom stereocenters. The minimum Gasteiger partial charge on any atom is -0.481 e. The molecule has 62 heavy (non-hydrogen) atoms. The van der Waals surface area contributed by atoms with E-state index in [1.54, 1.807) is 19.1 Å². The molecule has 6 rings (SSSR count). The summed E-state index contributed by atoms with van der Waals surface area (Å²) in [5, 5.41) is 35.7. The second-order valence-corrected chi connectivity index (χ2v) is 20.3. The zero-order chi connectivity index (χ0) is 46.0. The number of ketones is 1. The molecular weight excluding hydrogens is 815 g/mol. The van der Waals surface area contributed by atoms with E-state index in [1.807, 2.05) is 55.4 Å². The van der Waals surface area contributed by atoms with Crippen LogP contribution in [0, 0.1) is 40.9 Å². The fourth-order valence-electron chi connectivity index (χ4n) is 12.1. The second kappa shape index (κ2) is 17.5. The van der Waals surface area contributed by atoms with Gasteiger partial charge in [-0.1, -0.05) is 61.5 Å². The van der Waals surface area contributed by atoms with E-state index < -0.39 is 113 Å². The number of nitrogens with one attached hydrogen (secondary N) is 1. The van der Waals surface area contributed by atoms with Gasteiger partial charge in [0.05, 0.1) is 53.2 Å². The molecule has 5 heterocycles. The Kier molecular flexibility index (Phi) is 13.8. The quantitative estimate of drug-likeness (QED) is 0.133.